The zero-order valence-corrected chi connectivity index (χ0v) is 16.5. The third-order valence-electron chi connectivity index (χ3n) is 4.34. The van der Waals surface area contributed by atoms with Crippen molar-refractivity contribution in [3.63, 3.8) is 0 Å². The Bertz CT molecular complexity index is 983. The molecule has 0 saturated heterocycles. The van der Waals surface area contributed by atoms with E-state index in [2.05, 4.69) is 75.3 Å². The lowest BCUT2D eigenvalue weighted by atomic mass is 9.98. The molecule has 0 aliphatic heterocycles. The minimum absolute atomic E-state index is 0.674. The van der Waals surface area contributed by atoms with Gasteiger partial charge in [0.25, 0.3) is 0 Å². The minimum atomic E-state index is 0.674. The molecule has 2 aliphatic carbocycles. The molecule has 0 amide bonds. The first-order valence-corrected chi connectivity index (χ1v) is 9.85. The topological polar surface area (TPSA) is 38.7 Å². The monoisotopic (exact) mass is 367 g/mol. The molecule has 28 heavy (non-hydrogen) atoms. The van der Waals surface area contributed by atoms with Gasteiger partial charge in [0.15, 0.2) is 11.6 Å². The van der Waals surface area contributed by atoms with E-state index in [9.17, 15) is 0 Å². The highest BCUT2D eigenvalue weighted by molar-refractivity contribution is 5.76. The summed E-state index contributed by atoms with van der Waals surface area (Å²) in [6, 6.07) is 8.40. The van der Waals surface area contributed by atoms with Crippen LogP contribution in [-0.4, -0.2) is 15.0 Å². The molecular formula is C25H25N3. The molecule has 3 heteroatoms. The summed E-state index contributed by atoms with van der Waals surface area (Å²) in [5, 5.41) is 0. The van der Waals surface area contributed by atoms with Gasteiger partial charge in [0.05, 0.1) is 0 Å². The number of allylic oxidation sites excluding steroid dienone is 9. The summed E-state index contributed by atoms with van der Waals surface area (Å²) in [4.78, 5) is 13.3. The number of aromatic nitrogens is 3. The first kappa shape index (κ1) is 19.5. The lowest BCUT2D eigenvalue weighted by molar-refractivity contribution is 1.03. The van der Waals surface area contributed by atoms with Crippen LogP contribution in [0.25, 0.3) is 22.5 Å². The van der Waals surface area contributed by atoms with E-state index in [-0.39, 0.29) is 0 Å². The van der Waals surface area contributed by atoms with Crippen LogP contribution in [0.2, 0.25) is 0 Å². The van der Waals surface area contributed by atoms with E-state index in [1.54, 1.807) is 6.33 Å². The van der Waals surface area contributed by atoms with Gasteiger partial charge in [-0.3, -0.25) is 0 Å². The van der Waals surface area contributed by atoms with Gasteiger partial charge in [-0.1, -0.05) is 74.6 Å². The molecule has 0 bridgehead atoms. The fourth-order valence-corrected chi connectivity index (χ4v) is 2.96. The van der Waals surface area contributed by atoms with Crippen molar-refractivity contribution >= 4 is 11.1 Å². The summed E-state index contributed by atoms with van der Waals surface area (Å²) in [5.74, 6) is 1.36. The number of benzene rings is 1. The predicted octanol–water partition coefficient (Wildman–Crippen LogP) is 6.35. The molecule has 1 heterocycles. The molecule has 0 atom stereocenters. The highest BCUT2D eigenvalue weighted by Gasteiger charge is 2.08. The Kier molecular flexibility index (Phi) is 7.06. The summed E-state index contributed by atoms with van der Waals surface area (Å²) in [6.07, 6.45) is 21.3. The Morgan fingerprint density at radius 3 is 2.39 bits per heavy atom. The Labute approximate surface area is 167 Å². The molecule has 1 aromatic carbocycles. The van der Waals surface area contributed by atoms with Gasteiger partial charge in [-0.25, -0.2) is 15.0 Å². The smallest absolute Gasteiger partial charge is 0.163 e. The average Bonchev–Trinajstić information content (AvgIpc) is 2.76. The molecule has 0 fully saturated rings. The van der Waals surface area contributed by atoms with Gasteiger partial charge in [-0.2, -0.15) is 0 Å². The molecule has 0 saturated carbocycles. The van der Waals surface area contributed by atoms with Crippen molar-refractivity contribution in [3.8, 4) is 11.4 Å². The first-order valence-electron chi connectivity index (χ1n) is 9.85. The van der Waals surface area contributed by atoms with Crippen molar-refractivity contribution in [1.82, 2.24) is 15.0 Å². The first-order chi connectivity index (χ1) is 13.9. The van der Waals surface area contributed by atoms with Crippen molar-refractivity contribution in [1.29, 1.82) is 0 Å². The summed E-state index contributed by atoms with van der Waals surface area (Å²) in [6.45, 7) is 4.00. The Balaban J connectivity index is 0.00000109. The van der Waals surface area contributed by atoms with Gasteiger partial charge in [0.1, 0.15) is 6.33 Å². The van der Waals surface area contributed by atoms with Crippen LogP contribution >= 0.6 is 0 Å². The van der Waals surface area contributed by atoms with E-state index >= 15 is 0 Å². The molecule has 2 aliphatic rings. The van der Waals surface area contributed by atoms with Crippen molar-refractivity contribution in [3.05, 3.63) is 96.3 Å². The van der Waals surface area contributed by atoms with Gasteiger partial charge in [-0.05, 0) is 42.6 Å². The molecule has 0 unspecified atom stereocenters. The second-order valence-corrected chi connectivity index (χ2v) is 6.15. The minimum Gasteiger partial charge on any atom is -0.217 e. The van der Waals surface area contributed by atoms with E-state index in [4.69, 9.17) is 0 Å². The van der Waals surface area contributed by atoms with E-state index in [1.807, 2.05) is 32.1 Å². The van der Waals surface area contributed by atoms with Crippen LogP contribution in [0.4, 0.5) is 0 Å². The van der Waals surface area contributed by atoms with Crippen LogP contribution in [0.3, 0.4) is 0 Å². The maximum Gasteiger partial charge on any atom is 0.163 e. The fourth-order valence-electron chi connectivity index (χ4n) is 2.96. The molecule has 0 N–H and O–H groups in total. The Hall–Kier alpha value is -3.29. The lowest BCUT2D eigenvalue weighted by Crippen LogP contribution is -1.98. The predicted molar refractivity (Wildman–Crippen MR) is 117 cm³/mol. The van der Waals surface area contributed by atoms with Crippen molar-refractivity contribution in [2.45, 2.75) is 33.1 Å². The summed E-state index contributed by atoms with van der Waals surface area (Å²) < 4.78 is 0. The number of hydrogen-bond acceptors (Lipinski definition) is 3. The van der Waals surface area contributed by atoms with Gasteiger partial charge in [-0.15, -0.1) is 5.73 Å². The van der Waals surface area contributed by atoms with Gasteiger partial charge in [0, 0.05) is 11.1 Å². The zero-order chi connectivity index (χ0) is 19.6. The van der Waals surface area contributed by atoms with E-state index in [1.165, 1.54) is 11.1 Å². The molecule has 3 nitrogen and oxygen atoms in total. The molecule has 0 spiro atoms. The lowest BCUT2D eigenvalue weighted by Gasteiger charge is -2.08. The van der Waals surface area contributed by atoms with Crippen molar-refractivity contribution < 1.29 is 0 Å². The van der Waals surface area contributed by atoms with Crippen LogP contribution < -0.4 is 0 Å². The Morgan fingerprint density at radius 2 is 1.61 bits per heavy atom. The zero-order valence-electron chi connectivity index (χ0n) is 16.5. The normalized spacial score (nSPS) is 16.9. The SMILES string of the molecule is C1=CC=CC/C=C(/c2ncnc(-c3ccc(C4=CCCC=C4)cc3)n2)C=1.CC. The second-order valence-electron chi connectivity index (χ2n) is 6.15. The maximum atomic E-state index is 4.65. The number of nitrogens with zero attached hydrogens (tertiary/aromatic N) is 3. The van der Waals surface area contributed by atoms with E-state index < -0.39 is 0 Å². The fraction of sp³-hybridized carbons (Fsp3) is 0.200. The van der Waals surface area contributed by atoms with Crippen LogP contribution in [0.1, 0.15) is 44.5 Å². The summed E-state index contributed by atoms with van der Waals surface area (Å²) in [5.41, 5.74) is 7.58. The highest BCUT2D eigenvalue weighted by atomic mass is 15.0. The quantitative estimate of drug-likeness (QED) is 0.593. The largest absolute Gasteiger partial charge is 0.217 e. The third-order valence-corrected chi connectivity index (χ3v) is 4.34. The molecular weight excluding hydrogens is 342 g/mol. The van der Waals surface area contributed by atoms with E-state index in [0.717, 1.165) is 30.4 Å². The van der Waals surface area contributed by atoms with Crippen LogP contribution in [0, 0.1) is 0 Å². The Morgan fingerprint density at radius 1 is 0.821 bits per heavy atom. The van der Waals surface area contributed by atoms with Gasteiger partial charge < -0.3 is 0 Å². The van der Waals surface area contributed by atoms with Gasteiger partial charge in [0.2, 0.25) is 0 Å². The third kappa shape index (κ3) is 4.91. The van der Waals surface area contributed by atoms with Gasteiger partial charge >= 0.3 is 0 Å². The second kappa shape index (κ2) is 10.1. The standard InChI is InChI=1S/C23H19N3.C2H6/c1-2-5-11-20(12-6-3-1)22-24-17-25-23(26-22)21-15-13-19(14-16-21)18-9-7-4-8-10-18;1-2/h1-3,7,9-17H,4-5,8H2;1-2H3/b2-1?,20-11+;. The van der Waals surface area contributed by atoms with Crippen molar-refractivity contribution in [2.75, 3.05) is 0 Å². The number of rotatable bonds is 3. The summed E-state index contributed by atoms with van der Waals surface area (Å²) in [7, 11) is 0. The van der Waals surface area contributed by atoms with Crippen LogP contribution in [-0.2, 0) is 0 Å². The van der Waals surface area contributed by atoms with Crippen LogP contribution in [0.5, 0.6) is 0 Å². The summed E-state index contributed by atoms with van der Waals surface area (Å²) >= 11 is 0. The molecule has 4 rings (SSSR count). The highest BCUT2D eigenvalue weighted by Crippen LogP contribution is 2.24. The van der Waals surface area contributed by atoms with E-state index in [0.29, 0.717) is 11.6 Å². The number of hydrogen-bond donors (Lipinski definition) is 0. The average molecular weight is 367 g/mol. The molecule has 0 radical (unpaired) electrons. The molecule has 140 valence electrons. The van der Waals surface area contributed by atoms with Crippen molar-refractivity contribution in [2.24, 2.45) is 0 Å². The maximum absolute atomic E-state index is 4.65. The molecule has 2 aromatic rings. The molecule has 1 aromatic heterocycles. The van der Waals surface area contributed by atoms with Crippen LogP contribution in [0.15, 0.2) is 84.9 Å².